The van der Waals surface area contributed by atoms with Gasteiger partial charge < -0.3 is 10.6 Å². The summed E-state index contributed by atoms with van der Waals surface area (Å²) in [6.07, 6.45) is 3.01. The molecule has 6 nitrogen and oxygen atoms in total. The normalized spacial score (nSPS) is 20.0. The molecule has 2 aromatic rings. The number of benzene rings is 2. The number of nitrogens with one attached hydrogen (secondary N) is 2. The highest BCUT2D eigenvalue weighted by molar-refractivity contribution is 6.09. The van der Waals surface area contributed by atoms with Crippen molar-refractivity contribution >= 4 is 28.6 Å². The predicted octanol–water partition coefficient (Wildman–Crippen LogP) is 3.94. The molecule has 1 aliphatic rings. The molecule has 2 unspecified atom stereocenters. The summed E-state index contributed by atoms with van der Waals surface area (Å²) >= 11 is 0. The second-order valence-electron chi connectivity index (χ2n) is 8.80. The molecule has 0 aromatic heterocycles. The van der Waals surface area contributed by atoms with Crippen LogP contribution in [0.4, 0.5) is 4.79 Å². The van der Waals surface area contributed by atoms with E-state index in [0.29, 0.717) is 11.5 Å². The molecule has 30 heavy (non-hydrogen) atoms. The zero-order valence-corrected chi connectivity index (χ0v) is 18.2. The van der Waals surface area contributed by atoms with Crippen LogP contribution in [0.2, 0.25) is 0 Å². The summed E-state index contributed by atoms with van der Waals surface area (Å²) in [6, 6.07) is 13.0. The first-order valence-corrected chi connectivity index (χ1v) is 10.6. The smallest absolute Gasteiger partial charge is 0.325 e. The molecule has 4 amide bonds. The lowest BCUT2D eigenvalue weighted by molar-refractivity contribution is -0.135. The summed E-state index contributed by atoms with van der Waals surface area (Å²) < 4.78 is 0. The predicted molar refractivity (Wildman–Crippen MR) is 118 cm³/mol. The SMILES string of the molecule is CC(C)CCCC(C)NC(=O)CN1C(=O)NC(C)(c2ccc3ccccc3c2)C1=O. The van der Waals surface area contributed by atoms with E-state index in [1.54, 1.807) is 6.92 Å². The summed E-state index contributed by atoms with van der Waals surface area (Å²) in [5.74, 6) is -0.102. The molecule has 0 radical (unpaired) electrons. The highest BCUT2D eigenvalue weighted by Crippen LogP contribution is 2.30. The van der Waals surface area contributed by atoms with Gasteiger partial charge in [0, 0.05) is 6.04 Å². The first kappa shape index (κ1) is 21.8. The Kier molecular flexibility index (Phi) is 6.44. The van der Waals surface area contributed by atoms with Crippen LogP contribution in [-0.2, 0) is 15.1 Å². The van der Waals surface area contributed by atoms with Gasteiger partial charge in [-0.3, -0.25) is 14.5 Å². The van der Waals surface area contributed by atoms with Crippen molar-refractivity contribution in [2.75, 3.05) is 6.54 Å². The van der Waals surface area contributed by atoms with Crippen molar-refractivity contribution in [3.63, 3.8) is 0 Å². The number of hydrogen-bond donors (Lipinski definition) is 2. The molecular weight excluding hydrogens is 378 g/mol. The second-order valence-corrected chi connectivity index (χ2v) is 8.80. The van der Waals surface area contributed by atoms with Gasteiger partial charge in [-0.25, -0.2) is 4.79 Å². The number of carbonyl (C=O) groups excluding carboxylic acids is 3. The third kappa shape index (κ3) is 4.64. The Balaban J connectivity index is 1.67. The number of urea groups is 1. The van der Waals surface area contributed by atoms with Gasteiger partial charge in [-0.1, -0.05) is 63.1 Å². The van der Waals surface area contributed by atoms with Crippen molar-refractivity contribution in [3.8, 4) is 0 Å². The fourth-order valence-electron chi connectivity index (χ4n) is 3.91. The van der Waals surface area contributed by atoms with Gasteiger partial charge in [-0.05, 0) is 48.6 Å². The lowest BCUT2D eigenvalue weighted by Crippen LogP contribution is -2.45. The molecule has 2 aromatic carbocycles. The number of nitrogens with zero attached hydrogens (tertiary/aromatic N) is 1. The van der Waals surface area contributed by atoms with Gasteiger partial charge in [0.1, 0.15) is 12.1 Å². The molecule has 1 saturated heterocycles. The molecule has 160 valence electrons. The molecule has 2 N–H and O–H groups in total. The van der Waals surface area contributed by atoms with Crippen LogP contribution in [0.1, 0.15) is 52.5 Å². The Labute approximate surface area is 178 Å². The Morgan fingerprint density at radius 1 is 1.07 bits per heavy atom. The fraction of sp³-hybridized carbons (Fsp3) is 0.458. The van der Waals surface area contributed by atoms with Crippen LogP contribution in [0, 0.1) is 5.92 Å². The number of rotatable bonds is 8. The number of fused-ring (bicyclic) bond motifs is 1. The summed E-state index contributed by atoms with van der Waals surface area (Å²) in [5.41, 5.74) is -0.492. The Morgan fingerprint density at radius 3 is 2.47 bits per heavy atom. The van der Waals surface area contributed by atoms with E-state index in [2.05, 4.69) is 24.5 Å². The number of amides is 4. The van der Waals surface area contributed by atoms with Gasteiger partial charge in [0.25, 0.3) is 5.91 Å². The van der Waals surface area contributed by atoms with E-state index in [-0.39, 0.29) is 18.5 Å². The van der Waals surface area contributed by atoms with Crippen molar-refractivity contribution in [1.29, 1.82) is 0 Å². The maximum atomic E-state index is 13.1. The zero-order chi connectivity index (χ0) is 21.9. The van der Waals surface area contributed by atoms with Gasteiger partial charge in [-0.2, -0.15) is 0 Å². The van der Waals surface area contributed by atoms with Gasteiger partial charge in [0.05, 0.1) is 0 Å². The van der Waals surface area contributed by atoms with Crippen molar-refractivity contribution in [3.05, 3.63) is 48.0 Å². The quantitative estimate of drug-likeness (QED) is 0.648. The molecular formula is C24H31N3O3. The highest BCUT2D eigenvalue weighted by atomic mass is 16.2. The third-order valence-electron chi connectivity index (χ3n) is 5.73. The van der Waals surface area contributed by atoms with E-state index in [1.165, 1.54) is 0 Å². The van der Waals surface area contributed by atoms with E-state index in [9.17, 15) is 14.4 Å². The van der Waals surface area contributed by atoms with E-state index < -0.39 is 17.5 Å². The average molecular weight is 410 g/mol. The van der Waals surface area contributed by atoms with Crippen LogP contribution in [0.3, 0.4) is 0 Å². The number of imide groups is 1. The lowest BCUT2D eigenvalue weighted by atomic mass is 9.90. The van der Waals surface area contributed by atoms with Crippen LogP contribution >= 0.6 is 0 Å². The van der Waals surface area contributed by atoms with Gasteiger partial charge >= 0.3 is 6.03 Å². The molecule has 3 rings (SSSR count). The van der Waals surface area contributed by atoms with Crippen LogP contribution < -0.4 is 10.6 Å². The molecule has 0 bridgehead atoms. The summed E-state index contributed by atoms with van der Waals surface area (Å²) in [4.78, 5) is 39.1. The van der Waals surface area contributed by atoms with Crippen LogP contribution in [0.15, 0.2) is 42.5 Å². The van der Waals surface area contributed by atoms with Crippen LogP contribution in [-0.4, -0.2) is 35.3 Å². The third-order valence-corrected chi connectivity index (χ3v) is 5.73. The molecule has 0 aliphatic carbocycles. The second kappa shape index (κ2) is 8.86. The van der Waals surface area contributed by atoms with Crippen molar-refractivity contribution in [2.45, 2.75) is 58.5 Å². The average Bonchev–Trinajstić information content (AvgIpc) is 2.91. The molecule has 0 saturated carbocycles. The number of hydrogen-bond acceptors (Lipinski definition) is 3. The summed E-state index contributed by atoms with van der Waals surface area (Å²) in [5, 5.41) is 7.72. The minimum absolute atomic E-state index is 0.00360. The molecule has 1 heterocycles. The van der Waals surface area contributed by atoms with Crippen LogP contribution in [0.25, 0.3) is 10.8 Å². The Hall–Kier alpha value is -2.89. The maximum Gasteiger partial charge on any atom is 0.325 e. The maximum absolute atomic E-state index is 13.1. The zero-order valence-electron chi connectivity index (χ0n) is 18.2. The van der Waals surface area contributed by atoms with E-state index in [4.69, 9.17) is 0 Å². The van der Waals surface area contributed by atoms with E-state index in [0.717, 1.165) is 34.9 Å². The first-order valence-electron chi connectivity index (χ1n) is 10.6. The first-order chi connectivity index (χ1) is 14.2. The minimum Gasteiger partial charge on any atom is -0.352 e. The fourth-order valence-corrected chi connectivity index (χ4v) is 3.91. The van der Waals surface area contributed by atoms with Gasteiger partial charge in [0.2, 0.25) is 5.91 Å². The monoisotopic (exact) mass is 409 g/mol. The van der Waals surface area contributed by atoms with Crippen LogP contribution in [0.5, 0.6) is 0 Å². The Morgan fingerprint density at radius 2 is 1.77 bits per heavy atom. The molecule has 0 spiro atoms. The molecule has 6 heteroatoms. The molecule has 2 atom stereocenters. The summed E-state index contributed by atoms with van der Waals surface area (Å²) in [6.45, 7) is 7.70. The largest absolute Gasteiger partial charge is 0.352 e. The topological polar surface area (TPSA) is 78.5 Å². The molecule has 1 aliphatic heterocycles. The van der Waals surface area contributed by atoms with Crippen molar-refractivity contribution in [1.82, 2.24) is 15.5 Å². The van der Waals surface area contributed by atoms with Crippen molar-refractivity contribution < 1.29 is 14.4 Å². The van der Waals surface area contributed by atoms with Crippen molar-refractivity contribution in [2.24, 2.45) is 5.92 Å². The lowest BCUT2D eigenvalue weighted by Gasteiger charge is -2.23. The molecule has 1 fully saturated rings. The van der Waals surface area contributed by atoms with E-state index >= 15 is 0 Å². The van der Waals surface area contributed by atoms with Gasteiger partial charge in [-0.15, -0.1) is 0 Å². The minimum atomic E-state index is -1.19. The summed E-state index contributed by atoms with van der Waals surface area (Å²) in [7, 11) is 0. The highest BCUT2D eigenvalue weighted by Gasteiger charge is 2.49. The van der Waals surface area contributed by atoms with E-state index in [1.807, 2.05) is 49.4 Å². The van der Waals surface area contributed by atoms with Gasteiger partial charge in [0.15, 0.2) is 0 Å². The Bertz CT molecular complexity index is 956. The number of carbonyl (C=O) groups is 3. The standard InChI is InChI=1S/C24H31N3O3/c1-16(2)8-7-9-17(3)25-21(28)15-27-22(29)24(4,26-23(27)30)20-13-12-18-10-5-6-11-19(18)14-20/h5-6,10-14,16-17H,7-9,15H2,1-4H3,(H,25,28)(H,26,30).